The Kier molecular flexibility index (Phi) is 11.6. The molecule has 0 aliphatic heterocycles. The maximum atomic E-state index is 10.6. The van der Waals surface area contributed by atoms with Gasteiger partial charge in [0.15, 0.2) is 16.6 Å². The van der Waals surface area contributed by atoms with Gasteiger partial charge in [-0.25, -0.2) is 0 Å². The van der Waals surface area contributed by atoms with Crippen LogP contribution in [-0.2, 0) is 8.85 Å². The van der Waals surface area contributed by atoms with Crippen molar-refractivity contribution in [2.75, 3.05) is 6.61 Å². The van der Waals surface area contributed by atoms with Gasteiger partial charge in [-0.1, -0.05) is 79.9 Å². The lowest BCUT2D eigenvalue weighted by Gasteiger charge is -2.40. The van der Waals surface area contributed by atoms with Gasteiger partial charge in [0.25, 0.3) is 0 Å². The second-order valence-corrected chi connectivity index (χ2v) is 22.8. The third-order valence-electron chi connectivity index (χ3n) is 8.49. The van der Waals surface area contributed by atoms with Gasteiger partial charge in [0, 0.05) is 12.5 Å². The molecule has 0 unspecified atom stereocenters. The van der Waals surface area contributed by atoms with Crippen LogP contribution in [0.25, 0.3) is 0 Å². The normalized spacial score (nSPS) is 26.3. The third kappa shape index (κ3) is 8.87. The smallest absolute Gasteiger partial charge is 0.192 e. The molecule has 6 heteroatoms. The molecule has 0 aromatic carbocycles. The van der Waals surface area contributed by atoms with Gasteiger partial charge in [0.2, 0.25) is 0 Å². The number of rotatable bonds is 12. The van der Waals surface area contributed by atoms with E-state index in [2.05, 4.69) is 80.7 Å². The summed E-state index contributed by atoms with van der Waals surface area (Å²) in [5.41, 5.74) is 0. The zero-order valence-electron chi connectivity index (χ0n) is 23.7. The van der Waals surface area contributed by atoms with Crippen LogP contribution in [0, 0.1) is 11.8 Å². The van der Waals surface area contributed by atoms with E-state index in [1.54, 1.807) is 0 Å². The molecule has 0 bridgehead atoms. The minimum atomic E-state index is -1.97. The Balaban J connectivity index is 3.23. The van der Waals surface area contributed by atoms with Gasteiger partial charge in [-0.3, -0.25) is 0 Å². The number of aliphatic hydroxyl groups is 2. The molecule has 0 aromatic rings. The van der Waals surface area contributed by atoms with Crippen molar-refractivity contribution in [1.82, 2.24) is 0 Å². The summed E-state index contributed by atoms with van der Waals surface area (Å²) < 4.78 is 13.9. The van der Waals surface area contributed by atoms with Crippen molar-refractivity contribution in [2.45, 2.75) is 142 Å². The Labute approximate surface area is 207 Å². The van der Waals surface area contributed by atoms with Gasteiger partial charge >= 0.3 is 0 Å². The number of hydrogen-bond donors (Lipinski definition) is 2. The summed E-state index contributed by atoms with van der Waals surface area (Å²) in [5.74, 6) is 0.361. The lowest BCUT2D eigenvalue weighted by Crippen LogP contribution is -2.45. The summed E-state index contributed by atoms with van der Waals surface area (Å²) in [7, 11) is -3.94. The van der Waals surface area contributed by atoms with E-state index in [1.165, 1.54) is 0 Å². The first-order valence-corrected chi connectivity index (χ1v) is 19.1. The molecule has 0 spiro atoms. The van der Waals surface area contributed by atoms with Crippen molar-refractivity contribution >= 4 is 16.6 Å². The SMILES string of the molecule is CCCCC[C@@H](O)/C=C/[C@H]1[C@@H](CCO)[C@H](O[Si](C)(C)C(C)(C)C)C[C@@H]1O[Si](C)(C)C(C)(C)C. The molecule has 33 heavy (non-hydrogen) atoms. The highest BCUT2D eigenvalue weighted by atomic mass is 28.4. The zero-order valence-corrected chi connectivity index (χ0v) is 25.7. The molecule has 1 saturated carbocycles. The van der Waals surface area contributed by atoms with E-state index in [9.17, 15) is 10.2 Å². The summed E-state index contributed by atoms with van der Waals surface area (Å²) in [5, 5.41) is 20.8. The minimum Gasteiger partial charge on any atom is -0.414 e. The van der Waals surface area contributed by atoms with Crippen molar-refractivity contribution in [2.24, 2.45) is 11.8 Å². The van der Waals surface area contributed by atoms with Gasteiger partial charge in [-0.05, 0) is 61.4 Å². The molecular formula is C27H56O4Si2. The molecule has 1 rings (SSSR count). The average Bonchev–Trinajstić information content (AvgIpc) is 2.93. The summed E-state index contributed by atoms with van der Waals surface area (Å²) in [6.07, 6.45) is 9.66. The lowest BCUT2D eigenvalue weighted by molar-refractivity contribution is 0.111. The molecular weight excluding hydrogens is 444 g/mol. The van der Waals surface area contributed by atoms with E-state index < -0.39 is 22.7 Å². The molecule has 1 aliphatic rings. The van der Waals surface area contributed by atoms with E-state index in [0.717, 1.165) is 32.1 Å². The molecule has 2 N–H and O–H groups in total. The molecule has 1 fully saturated rings. The van der Waals surface area contributed by atoms with Gasteiger partial charge in [-0.15, -0.1) is 0 Å². The van der Waals surface area contributed by atoms with Crippen LogP contribution in [0.15, 0.2) is 12.2 Å². The number of hydrogen-bond acceptors (Lipinski definition) is 4. The summed E-state index contributed by atoms with van der Waals surface area (Å²) >= 11 is 0. The average molecular weight is 501 g/mol. The van der Waals surface area contributed by atoms with E-state index in [1.807, 2.05) is 6.08 Å². The van der Waals surface area contributed by atoms with Crippen molar-refractivity contribution < 1.29 is 19.1 Å². The fourth-order valence-corrected chi connectivity index (χ4v) is 6.95. The summed E-state index contributed by atoms with van der Waals surface area (Å²) in [6, 6.07) is 0. The molecule has 0 aromatic heterocycles. The fourth-order valence-electron chi connectivity index (χ4n) is 4.21. The highest BCUT2D eigenvalue weighted by molar-refractivity contribution is 6.74. The molecule has 4 nitrogen and oxygen atoms in total. The first-order chi connectivity index (χ1) is 15.0. The second kappa shape index (κ2) is 12.3. The van der Waals surface area contributed by atoms with Crippen molar-refractivity contribution in [3.8, 4) is 0 Å². The van der Waals surface area contributed by atoms with Crippen molar-refractivity contribution in [3.63, 3.8) is 0 Å². The molecule has 0 radical (unpaired) electrons. The molecule has 0 amide bonds. The maximum absolute atomic E-state index is 10.6. The lowest BCUT2D eigenvalue weighted by atomic mass is 9.90. The fraction of sp³-hybridized carbons (Fsp3) is 0.926. The maximum Gasteiger partial charge on any atom is 0.192 e. The van der Waals surface area contributed by atoms with Crippen LogP contribution < -0.4 is 0 Å². The zero-order chi connectivity index (χ0) is 25.7. The Morgan fingerprint density at radius 3 is 1.88 bits per heavy atom. The number of unbranched alkanes of at least 4 members (excludes halogenated alkanes) is 2. The summed E-state index contributed by atoms with van der Waals surface area (Å²) in [4.78, 5) is 0. The van der Waals surface area contributed by atoms with Gasteiger partial charge in [0.1, 0.15) is 0 Å². The highest BCUT2D eigenvalue weighted by Gasteiger charge is 2.50. The van der Waals surface area contributed by atoms with Crippen molar-refractivity contribution in [1.29, 1.82) is 0 Å². The predicted octanol–water partition coefficient (Wildman–Crippen LogP) is 7.28. The minimum absolute atomic E-state index is 0.0660. The van der Waals surface area contributed by atoms with Gasteiger partial charge < -0.3 is 19.1 Å². The van der Waals surface area contributed by atoms with Crippen LogP contribution in [0.3, 0.4) is 0 Å². The second-order valence-electron chi connectivity index (χ2n) is 13.3. The van der Waals surface area contributed by atoms with Crippen LogP contribution in [0.5, 0.6) is 0 Å². The first kappa shape index (κ1) is 31.0. The standard InChI is InChI=1S/C27H56O4Si2/c1-12-13-14-15-21(29)16-17-22-23(18-19-28)25(31-33(10,11)27(5,6)7)20-24(22)30-32(8,9)26(2,3)4/h16-17,21-25,28-29H,12-15,18-20H2,1-11H3/b17-16+/t21-,22+,23-,24+,25-/m1/s1. The van der Waals surface area contributed by atoms with Gasteiger partial charge in [-0.2, -0.15) is 0 Å². The third-order valence-corrected chi connectivity index (χ3v) is 17.5. The topological polar surface area (TPSA) is 58.9 Å². The Hall–Kier alpha value is 0.0138. The van der Waals surface area contributed by atoms with Crippen molar-refractivity contribution in [3.05, 3.63) is 12.2 Å². The predicted molar refractivity (Wildman–Crippen MR) is 147 cm³/mol. The van der Waals surface area contributed by atoms with Crippen LogP contribution >= 0.6 is 0 Å². The largest absolute Gasteiger partial charge is 0.414 e. The Bertz CT molecular complexity index is 604. The molecule has 0 saturated heterocycles. The van der Waals surface area contributed by atoms with Crippen LogP contribution in [0.4, 0.5) is 0 Å². The van der Waals surface area contributed by atoms with Crippen LogP contribution in [0.1, 0.15) is 87.0 Å². The molecule has 196 valence electrons. The highest BCUT2D eigenvalue weighted by Crippen LogP contribution is 2.47. The van der Waals surface area contributed by atoms with Gasteiger partial charge in [0.05, 0.1) is 18.3 Å². The molecule has 0 heterocycles. The Morgan fingerprint density at radius 2 is 1.42 bits per heavy atom. The van der Waals surface area contributed by atoms with Crippen LogP contribution in [-0.4, -0.2) is 51.8 Å². The molecule has 1 aliphatic carbocycles. The number of aliphatic hydroxyl groups excluding tert-OH is 2. The monoisotopic (exact) mass is 500 g/mol. The van der Waals surface area contributed by atoms with E-state index in [4.69, 9.17) is 8.85 Å². The quantitative estimate of drug-likeness (QED) is 0.168. The van der Waals surface area contributed by atoms with E-state index in [0.29, 0.717) is 6.42 Å². The van der Waals surface area contributed by atoms with E-state index >= 15 is 0 Å². The van der Waals surface area contributed by atoms with E-state index in [-0.39, 0.29) is 40.7 Å². The molecule has 5 atom stereocenters. The summed E-state index contributed by atoms with van der Waals surface area (Å²) in [6.45, 7) is 25.3. The van der Waals surface area contributed by atoms with Crippen LogP contribution in [0.2, 0.25) is 36.3 Å². The Morgan fingerprint density at radius 1 is 0.909 bits per heavy atom. The first-order valence-electron chi connectivity index (χ1n) is 13.3.